The van der Waals surface area contributed by atoms with Crippen molar-refractivity contribution in [1.29, 1.82) is 0 Å². The van der Waals surface area contributed by atoms with Gasteiger partial charge in [-0.2, -0.15) is 5.10 Å². The van der Waals surface area contributed by atoms with Crippen LogP contribution in [-0.2, 0) is 0 Å². The van der Waals surface area contributed by atoms with Gasteiger partial charge in [-0.1, -0.05) is 30.3 Å². The zero-order valence-corrected chi connectivity index (χ0v) is 12.0. The Labute approximate surface area is 132 Å². The van der Waals surface area contributed by atoms with Crippen molar-refractivity contribution in [3.05, 3.63) is 82.6 Å². The van der Waals surface area contributed by atoms with Crippen molar-refractivity contribution in [2.75, 3.05) is 5.43 Å². The molecule has 0 radical (unpaired) electrons. The lowest BCUT2D eigenvalue weighted by atomic mass is 10.1. The van der Waals surface area contributed by atoms with E-state index in [-0.39, 0.29) is 5.69 Å². The molecular formula is C17H13N3O3. The van der Waals surface area contributed by atoms with Gasteiger partial charge in [-0.3, -0.25) is 15.5 Å². The Morgan fingerprint density at radius 3 is 2.52 bits per heavy atom. The molecule has 0 amide bonds. The van der Waals surface area contributed by atoms with Crippen molar-refractivity contribution < 1.29 is 9.34 Å². The van der Waals surface area contributed by atoms with E-state index in [1.807, 2.05) is 30.3 Å². The number of hydrazone groups is 1. The molecule has 0 saturated carbocycles. The minimum absolute atomic E-state index is 0.00718. The van der Waals surface area contributed by atoms with E-state index in [9.17, 15) is 10.1 Å². The predicted molar refractivity (Wildman–Crippen MR) is 88.5 cm³/mol. The van der Waals surface area contributed by atoms with Gasteiger partial charge in [0.2, 0.25) is 0 Å². The smallest absolute Gasteiger partial charge is 0.280 e. The van der Waals surface area contributed by atoms with E-state index in [0.717, 1.165) is 5.69 Å². The number of hydrogen-bond acceptors (Lipinski definition) is 5. The van der Waals surface area contributed by atoms with Crippen LogP contribution in [0.15, 0.2) is 76.2 Å². The molecule has 23 heavy (non-hydrogen) atoms. The Kier molecular flexibility index (Phi) is 4.15. The van der Waals surface area contributed by atoms with Crippen molar-refractivity contribution in [3.63, 3.8) is 0 Å². The molecule has 0 spiro atoms. The van der Waals surface area contributed by atoms with Crippen LogP contribution in [0.1, 0.15) is 5.76 Å². The Bertz CT molecular complexity index is 841. The zero-order chi connectivity index (χ0) is 16.1. The molecule has 1 aromatic heterocycles. The normalized spacial score (nSPS) is 10.8. The minimum Gasteiger partial charge on any atom is -0.455 e. The van der Waals surface area contributed by atoms with E-state index in [1.54, 1.807) is 30.3 Å². The third-order valence-electron chi connectivity index (χ3n) is 3.15. The van der Waals surface area contributed by atoms with Crippen molar-refractivity contribution >= 4 is 17.6 Å². The number of nitrogens with zero attached hydrogens (tertiary/aromatic N) is 2. The first kappa shape index (κ1) is 14.5. The van der Waals surface area contributed by atoms with Crippen LogP contribution < -0.4 is 5.43 Å². The van der Waals surface area contributed by atoms with E-state index in [0.29, 0.717) is 17.1 Å². The lowest BCUT2D eigenvalue weighted by Crippen LogP contribution is -1.90. The maximum atomic E-state index is 11.1. The summed E-state index contributed by atoms with van der Waals surface area (Å²) in [6.07, 6.45) is 1.52. The monoisotopic (exact) mass is 307 g/mol. The highest BCUT2D eigenvalue weighted by molar-refractivity contribution is 5.79. The van der Waals surface area contributed by atoms with Crippen LogP contribution in [0.2, 0.25) is 0 Å². The Morgan fingerprint density at radius 2 is 1.74 bits per heavy atom. The highest BCUT2D eigenvalue weighted by atomic mass is 16.6. The second-order valence-corrected chi connectivity index (χ2v) is 4.71. The summed E-state index contributed by atoms with van der Waals surface area (Å²) in [7, 11) is 0. The molecule has 0 aliphatic heterocycles. The first-order chi connectivity index (χ1) is 11.2. The maximum Gasteiger partial charge on any atom is 0.280 e. The van der Waals surface area contributed by atoms with Crippen molar-refractivity contribution in [1.82, 2.24) is 0 Å². The number of para-hydroxylation sites is 2. The van der Waals surface area contributed by atoms with Crippen LogP contribution in [0.4, 0.5) is 11.4 Å². The maximum absolute atomic E-state index is 11.1. The summed E-state index contributed by atoms with van der Waals surface area (Å²) in [5.74, 6) is 0.931. The predicted octanol–water partition coefficient (Wildman–Crippen LogP) is 4.30. The fraction of sp³-hybridized carbons (Fsp3) is 0. The van der Waals surface area contributed by atoms with Gasteiger partial charge in [0, 0.05) is 6.07 Å². The van der Waals surface area contributed by atoms with Gasteiger partial charge in [0.15, 0.2) is 0 Å². The highest BCUT2D eigenvalue weighted by Gasteiger charge is 2.16. The average Bonchev–Trinajstić information content (AvgIpc) is 3.04. The number of nitrogens with one attached hydrogen (secondary N) is 1. The van der Waals surface area contributed by atoms with Gasteiger partial charge in [0.1, 0.15) is 11.5 Å². The number of nitro benzene ring substituents is 1. The first-order valence-corrected chi connectivity index (χ1v) is 6.92. The molecular weight excluding hydrogens is 294 g/mol. The largest absolute Gasteiger partial charge is 0.455 e. The zero-order valence-electron chi connectivity index (χ0n) is 12.0. The summed E-state index contributed by atoms with van der Waals surface area (Å²) in [6.45, 7) is 0. The van der Waals surface area contributed by atoms with E-state index in [2.05, 4.69) is 10.5 Å². The molecule has 6 heteroatoms. The van der Waals surface area contributed by atoms with E-state index in [4.69, 9.17) is 4.42 Å². The quantitative estimate of drug-likeness (QED) is 0.433. The third-order valence-corrected chi connectivity index (χ3v) is 3.15. The van der Waals surface area contributed by atoms with Crippen LogP contribution in [-0.4, -0.2) is 11.1 Å². The average molecular weight is 307 g/mol. The molecule has 0 saturated heterocycles. The Morgan fingerprint density at radius 1 is 1.00 bits per heavy atom. The number of furan rings is 1. The van der Waals surface area contributed by atoms with Crippen LogP contribution in [0.3, 0.4) is 0 Å². The molecule has 1 heterocycles. The highest BCUT2D eigenvalue weighted by Crippen LogP contribution is 2.30. The lowest BCUT2D eigenvalue weighted by molar-refractivity contribution is -0.384. The fourth-order valence-corrected chi connectivity index (χ4v) is 2.09. The van der Waals surface area contributed by atoms with Gasteiger partial charge in [-0.15, -0.1) is 0 Å². The van der Waals surface area contributed by atoms with Gasteiger partial charge in [0.05, 0.1) is 22.4 Å². The second-order valence-electron chi connectivity index (χ2n) is 4.71. The van der Waals surface area contributed by atoms with Crippen LogP contribution in [0.5, 0.6) is 0 Å². The summed E-state index contributed by atoms with van der Waals surface area (Å²) in [5, 5.41) is 15.1. The van der Waals surface area contributed by atoms with Gasteiger partial charge in [0.25, 0.3) is 5.69 Å². The second kappa shape index (κ2) is 6.57. The van der Waals surface area contributed by atoms with Crippen LogP contribution in [0.25, 0.3) is 11.3 Å². The summed E-state index contributed by atoms with van der Waals surface area (Å²) in [4.78, 5) is 10.6. The summed E-state index contributed by atoms with van der Waals surface area (Å²) < 4.78 is 5.60. The molecule has 0 unspecified atom stereocenters. The van der Waals surface area contributed by atoms with Crippen molar-refractivity contribution in [3.8, 4) is 11.3 Å². The van der Waals surface area contributed by atoms with Gasteiger partial charge < -0.3 is 4.42 Å². The molecule has 6 nitrogen and oxygen atoms in total. The standard InChI is InChI=1S/C17H13N3O3/c21-20(22)16-9-5-4-8-15(16)17-11-10-14(23-17)12-18-19-13-6-2-1-3-7-13/h1-12,19H/b18-12+. The molecule has 114 valence electrons. The molecule has 1 N–H and O–H groups in total. The summed E-state index contributed by atoms with van der Waals surface area (Å²) in [6, 6.07) is 19.3. The molecule has 0 bridgehead atoms. The van der Waals surface area contributed by atoms with Gasteiger partial charge in [-0.05, 0) is 30.3 Å². The SMILES string of the molecule is O=[N+]([O-])c1ccccc1-c1ccc(/C=N/Nc2ccccc2)o1. The summed E-state index contributed by atoms with van der Waals surface area (Å²) >= 11 is 0. The van der Waals surface area contributed by atoms with Gasteiger partial charge >= 0.3 is 0 Å². The number of benzene rings is 2. The number of nitro groups is 1. The molecule has 0 fully saturated rings. The third kappa shape index (κ3) is 3.44. The van der Waals surface area contributed by atoms with Crippen molar-refractivity contribution in [2.45, 2.75) is 0 Å². The molecule has 0 aliphatic rings. The lowest BCUT2D eigenvalue weighted by Gasteiger charge is -1.99. The minimum atomic E-state index is -0.428. The fourth-order valence-electron chi connectivity index (χ4n) is 2.09. The Hall–Kier alpha value is -3.41. The molecule has 0 atom stereocenters. The first-order valence-electron chi connectivity index (χ1n) is 6.92. The number of rotatable bonds is 5. The van der Waals surface area contributed by atoms with Crippen LogP contribution in [0, 0.1) is 10.1 Å². The van der Waals surface area contributed by atoms with Gasteiger partial charge in [-0.25, -0.2) is 0 Å². The van der Waals surface area contributed by atoms with Crippen LogP contribution >= 0.6 is 0 Å². The molecule has 2 aromatic carbocycles. The number of hydrogen-bond donors (Lipinski definition) is 1. The Balaban J connectivity index is 1.77. The molecule has 3 rings (SSSR count). The number of anilines is 1. The molecule has 3 aromatic rings. The van der Waals surface area contributed by atoms with E-state index in [1.165, 1.54) is 12.3 Å². The molecule has 0 aliphatic carbocycles. The van der Waals surface area contributed by atoms with E-state index >= 15 is 0 Å². The summed E-state index contributed by atoms with van der Waals surface area (Å²) in [5.41, 5.74) is 4.17. The van der Waals surface area contributed by atoms with Crippen molar-refractivity contribution in [2.24, 2.45) is 5.10 Å². The van der Waals surface area contributed by atoms with E-state index < -0.39 is 4.92 Å². The topological polar surface area (TPSA) is 80.7 Å².